The molecule has 0 aliphatic heterocycles. The fourth-order valence-corrected chi connectivity index (χ4v) is 3.14. The number of nitrogens with one attached hydrogen (secondary N) is 1. The van der Waals surface area contributed by atoms with Crippen molar-refractivity contribution in [2.24, 2.45) is 0 Å². The first-order valence-electron chi connectivity index (χ1n) is 8.25. The summed E-state index contributed by atoms with van der Waals surface area (Å²) in [6, 6.07) is 11.9. The largest absolute Gasteiger partial charge is 0.481 e. The second kappa shape index (κ2) is 7.84. The summed E-state index contributed by atoms with van der Waals surface area (Å²) in [5.74, 6) is -1.31. The minimum absolute atomic E-state index is 0.0228. The van der Waals surface area contributed by atoms with E-state index in [1.54, 1.807) is 0 Å². The monoisotopic (exact) mass is 417 g/mol. The van der Waals surface area contributed by atoms with E-state index in [1.165, 1.54) is 55.6 Å². The van der Waals surface area contributed by atoms with Crippen molar-refractivity contribution in [1.29, 1.82) is 0 Å². The van der Waals surface area contributed by atoms with E-state index in [9.17, 15) is 22.4 Å². The third kappa shape index (κ3) is 4.49. The van der Waals surface area contributed by atoms with Gasteiger partial charge in [0.05, 0.1) is 23.8 Å². The van der Waals surface area contributed by atoms with Gasteiger partial charge >= 0.3 is 0 Å². The molecule has 3 aromatic rings. The molecule has 0 fully saturated rings. The zero-order chi connectivity index (χ0) is 21.2. The summed E-state index contributed by atoms with van der Waals surface area (Å²) in [7, 11) is -2.06. The number of ether oxygens (including phenoxy) is 1. The molecule has 8 nitrogen and oxygen atoms in total. The SMILES string of the molecule is COc1cc(=O)c(C(=O)Nc2ccc(S(C)(=O)=O)cc2)nn1-c1cccc(F)c1. The molecule has 0 unspecified atom stereocenters. The molecule has 2 aromatic carbocycles. The maximum atomic E-state index is 13.6. The highest BCUT2D eigenvalue weighted by Gasteiger charge is 2.18. The fourth-order valence-electron chi connectivity index (χ4n) is 2.51. The molecule has 0 radical (unpaired) electrons. The summed E-state index contributed by atoms with van der Waals surface area (Å²) >= 11 is 0. The Bertz CT molecular complexity index is 1240. The Morgan fingerprint density at radius 2 is 1.83 bits per heavy atom. The Morgan fingerprint density at radius 1 is 1.14 bits per heavy atom. The van der Waals surface area contributed by atoms with E-state index in [0.29, 0.717) is 0 Å². The van der Waals surface area contributed by atoms with E-state index in [-0.39, 0.29) is 22.2 Å². The number of rotatable bonds is 5. The van der Waals surface area contributed by atoms with E-state index in [0.717, 1.165) is 17.0 Å². The minimum Gasteiger partial charge on any atom is -0.481 e. The molecule has 3 rings (SSSR count). The average molecular weight is 417 g/mol. The lowest BCUT2D eigenvalue weighted by atomic mass is 10.3. The van der Waals surface area contributed by atoms with Gasteiger partial charge in [0.1, 0.15) is 5.82 Å². The Hall–Kier alpha value is -3.53. The summed E-state index contributed by atoms with van der Waals surface area (Å²) in [6.07, 6.45) is 1.07. The number of methoxy groups -OCH3 is 1. The molecule has 0 saturated heterocycles. The van der Waals surface area contributed by atoms with Crippen LogP contribution in [0.15, 0.2) is 64.3 Å². The molecule has 1 heterocycles. The van der Waals surface area contributed by atoms with Gasteiger partial charge in [-0.25, -0.2) is 17.5 Å². The summed E-state index contributed by atoms with van der Waals surface area (Å²) in [6.45, 7) is 0. The second-order valence-electron chi connectivity index (χ2n) is 6.04. The van der Waals surface area contributed by atoms with Gasteiger partial charge in [0, 0.05) is 11.9 Å². The van der Waals surface area contributed by atoms with Crippen molar-refractivity contribution in [2.75, 3.05) is 18.7 Å². The molecule has 0 aliphatic rings. The number of carbonyl (C=O) groups is 1. The molecule has 0 spiro atoms. The third-order valence-electron chi connectivity index (χ3n) is 3.91. The highest BCUT2D eigenvalue weighted by Crippen LogP contribution is 2.17. The molecule has 29 heavy (non-hydrogen) atoms. The molecule has 1 amide bonds. The molecule has 0 atom stereocenters. The molecular formula is C19H16FN3O5S. The molecule has 0 bridgehead atoms. The predicted octanol–water partition coefficient (Wildman–Crippen LogP) is 2.04. The number of sulfone groups is 1. The van der Waals surface area contributed by atoms with Gasteiger partial charge in [-0.1, -0.05) is 6.07 Å². The van der Waals surface area contributed by atoms with Crippen molar-refractivity contribution in [1.82, 2.24) is 9.78 Å². The average Bonchev–Trinajstić information content (AvgIpc) is 2.67. The maximum Gasteiger partial charge on any atom is 0.280 e. The zero-order valence-electron chi connectivity index (χ0n) is 15.4. The smallest absolute Gasteiger partial charge is 0.280 e. The van der Waals surface area contributed by atoms with Crippen molar-refractivity contribution >= 4 is 21.4 Å². The second-order valence-corrected chi connectivity index (χ2v) is 8.06. The van der Waals surface area contributed by atoms with Crippen LogP contribution in [0.3, 0.4) is 0 Å². The quantitative estimate of drug-likeness (QED) is 0.681. The first kappa shape index (κ1) is 20.2. The Morgan fingerprint density at radius 3 is 2.41 bits per heavy atom. The number of aromatic nitrogens is 2. The standard InChI is InChI=1S/C19H16FN3O5S/c1-28-17-11-16(24)18(22-23(17)14-5-3-4-12(20)10-14)19(25)21-13-6-8-15(9-7-13)29(2,26)27/h3-11H,1-2H3,(H,21,25). The Balaban J connectivity index is 1.97. The van der Waals surface area contributed by atoms with Crippen molar-refractivity contribution in [2.45, 2.75) is 4.90 Å². The Labute approximate surface area is 165 Å². The van der Waals surface area contributed by atoms with Gasteiger partial charge < -0.3 is 10.1 Å². The van der Waals surface area contributed by atoms with Crippen LogP contribution in [-0.2, 0) is 9.84 Å². The van der Waals surface area contributed by atoms with Gasteiger partial charge in [-0.2, -0.15) is 5.10 Å². The fraction of sp³-hybridized carbons (Fsp3) is 0.105. The van der Waals surface area contributed by atoms with Crippen LogP contribution < -0.4 is 15.5 Å². The van der Waals surface area contributed by atoms with E-state index in [1.807, 2.05) is 0 Å². The number of amides is 1. The number of carbonyl (C=O) groups excluding carboxylic acids is 1. The highest BCUT2D eigenvalue weighted by atomic mass is 32.2. The zero-order valence-corrected chi connectivity index (χ0v) is 16.2. The summed E-state index contributed by atoms with van der Waals surface area (Å²) in [5.41, 5.74) is -0.605. The van der Waals surface area contributed by atoms with Gasteiger partial charge in [-0.05, 0) is 42.5 Å². The lowest BCUT2D eigenvalue weighted by molar-refractivity contribution is 0.101. The van der Waals surface area contributed by atoms with E-state index in [2.05, 4.69) is 10.4 Å². The van der Waals surface area contributed by atoms with Crippen molar-refractivity contribution in [3.8, 4) is 11.6 Å². The van der Waals surface area contributed by atoms with Crippen LogP contribution in [0.5, 0.6) is 5.88 Å². The molecule has 150 valence electrons. The first-order chi connectivity index (χ1) is 13.7. The number of hydrogen-bond donors (Lipinski definition) is 1. The molecule has 0 saturated carbocycles. The lowest BCUT2D eigenvalue weighted by Gasteiger charge is -2.12. The van der Waals surface area contributed by atoms with E-state index < -0.39 is 32.7 Å². The molecule has 1 N–H and O–H groups in total. The minimum atomic E-state index is -3.38. The van der Waals surface area contributed by atoms with Crippen LogP contribution in [0.1, 0.15) is 10.5 Å². The number of halogens is 1. The molecule has 10 heteroatoms. The van der Waals surface area contributed by atoms with Crippen LogP contribution in [0.2, 0.25) is 0 Å². The maximum absolute atomic E-state index is 13.6. The number of hydrogen-bond acceptors (Lipinski definition) is 6. The van der Waals surface area contributed by atoms with Gasteiger partial charge in [0.25, 0.3) is 5.91 Å². The van der Waals surface area contributed by atoms with E-state index in [4.69, 9.17) is 4.74 Å². The van der Waals surface area contributed by atoms with Crippen LogP contribution in [0, 0.1) is 5.82 Å². The lowest BCUT2D eigenvalue weighted by Crippen LogP contribution is -2.26. The van der Waals surface area contributed by atoms with Crippen LogP contribution in [0.25, 0.3) is 5.69 Å². The predicted molar refractivity (Wildman–Crippen MR) is 104 cm³/mol. The molecular weight excluding hydrogens is 401 g/mol. The summed E-state index contributed by atoms with van der Waals surface area (Å²) in [5, 5.41) is 6.49. The number of anilines is 1. The number of benzene rings is 2. The number of nitrogens with zero attached hydrogens (tertiary/aromatic N) is 2. The van der Waals surface area contributed by atoms with Crippen LogP contribution in [-0.4, -0.2) is 37.5 Å². The topological polar surface area (TPSA) is 107 Å². The Kier molecular flexibility index (Phi) is 5.46. The van der Waals surface area contributed by atoms with Crippen molar-refractivity contribution in [3.63, 3.8) is 0 Å². The van der Waals surface area contributed by atoms with Crippen LogP contribution in [0.4, 0.5) is 10.1 Å². The van der Waals surface area contributed by atoms with Crippen molar-refractivity contribution in [3.05, 3.63) is 76.3 Å². The van der Waals surface area contributed by atoms with Crippen LogP contribution >= 0.6 is 0 Å². The summed E-state index contributed by atoms with van der Waals surface area (Å²) < 4.78 is 42.8. The molecule has 0 aliphatic carbocycles. The first-order valence-corrected chi connectivity index (χ1v) is 10.1. The third-order valence-corrected chi connectivity index (χ3v) is 5.04. The van der Waals surface area contributed by atoms with Crippen molar-refractivity contribution < 1.29 is 22.3 Å². The highest BCUT2D eigenvalue weighted by molar-refractivity contribution is 7.90. The molecule has 1 aromatic heterocycles. The van der Waals surface area contributed by atoms with Gasteiger partial charge in [-0.3, -0.25) is 9.59 Å². The summed E-state index contributed by atoms with van der Waals surface area (Å²) in [4.78, 5) is 24.9. The normalized spacial score (nSPS) is 11.1. The van der Waals surface area contributed by atoms with Gasteiger partial charge in [-0.15, -0.1) is 0 Å². The van der Waals surface area contributed by atoms with E-state index >= 15 is 0 Å². The van der Waals surface area contributed by atoms with Gasteiger partial charge in [0.15, 0.2) is 15.5 Å². The van der Waals surface area contributed by atoms with Gasteiger partial charge in [0.2, 0.25) is 11.3 Å².